The molecule has 7 nitrogen and oxygen atoms in total. The van der Waals surface area contributed by atoms with Crippen LogP contribution in [-0.4, -0.2) is 31.9 Å². The zero-order valence-electron chi connectivity index (χ0n) is 15.6. The number of guanidine groups is 1. The Morgan fingerprint density at radius 3 is 2.52 bits per heavy atom. The molecule has 0 aliphatic heterocycles. The predicted octanol–water partition coefficient (Wildman–Crippen LogP) is 2.31. The molecule has 0 heterocycles. The highest BCUT2D eigenvalue weighted by atomic mass is 19.4. The van der Waals surface area contributed by atoms with Crippen molar-refractivity contribution in [3.05, 3.63) is 59.7 Å². The Hall–Kier alpha value is -3.43. The zero-order chi connectivity index (χ0) is 21.3. The third-order valence-corrected chi connectivity index (χ3v) is 3.61. The number of aliphatic imine (C=N–C) groups is 1. The number of carbonyl (C=O) groups excluding carboxylic acids is 1. The number of halogens is 3. The van der Waals surface area contributed by atoms with Crippen LogP contribution in [0.25, 0.3) is 0 Å². The molecule has 0 unspecified atom stereocenters. The largest absolute Gasteiger partial charge is 0.573 e. The predicted molar refractivity (Wildman–Crippen MR) is 101 cm³/mol. The number of hydrogen-bond donors (Lipinski definition) is 3. The topological polar surface area (TPSA) is 98.0 Å². The summed E-state index contributed by atoms with van der Waals surface area (Å²) in [5, 5.41) is 5.98. The zero-order valence-corrected chi connectivity index (χ0v) is 15.6. The van der Waals surface area contributed by atoms with Crippen molar-refractivity contribution >= 4 is 11.9 Å². The quantitative estimate of drug-likeness (QED) is 0.458. The first kappa shape index (κ1) is 21.9. The van der Waals surface area contributed by atoms with Gasteiger partial charge in [-0.25, -0.2) is 0 Å². The van der Waals surface area contributed by atoms with E-state index in [1.54, 1.807) is 31.3 Å². The first-order valence-electron chi connectivity index (χ1n) is 8.55. The van der Waals surface area contributed by atoms with Crippen molar-refractivity contribution in [3.63, 3.8) is 0 Å². The van der Waals surface area contributed by atoms with Gasteiger partial charge in [0.15, 0.2) is 12.6 Å². The molecule has 0 atom stereocenters. The van der Waals surface area contributed by atoms with Gasteiger partial charge in [0.2, 0.25) is 0 Å². The van der Waals surface area contributed by atoms with Crippen LogP contribution in [0.5, 0.6) is 11.5 Å². The molecule has 0 saturated heterocycles. The van der Waals surface area contributed by atoms with Crippen LogP contribution in [0, 0.1) is 0 Å². The van der Waals surface area contributed by atoms with E-state index < -0.39 is 12.3 Å². The average molecular weight is 410 g/mol. The van der Waals surface area contributed by atoms with Crippen molar-refractivity contribution in [3.8, 4) is 11.5 Å². The molecule has 2 aromatic carbocycles. The summed E-state index contributed by atoms with van der Waals surface area (Å²) >= 11 is 0. The van der Waals surface area contributed by atoms with Gasteiger partial charge in [-0.05, 0) is 23.8 Å². The van der Waals surface area contributed by atoms with Gasteiger partial charge < -0.3 is 25.8 Å². The van der Waals surface area contributed by atoms with Crippen LogP contribution in [0.3, 0.4) is 0 Å². The molecule has 2 aromatic rings. The fourth-order valence-corrected chi connectivity index (χ4v) is 2.36. The van der Waals surface area contributed by atoms with E-state index in [4.69, 9.17) is 10.5 Å². The second-order valence-corrected chi connectivity index (χ2v) is 5.84. The summed E-state index contributed by atoms with van der Waals surface area (Å²) in [5.41, 5.74) is 6.22. The van der Waals surface area contributed by atoms with Crippen molar-refractivity contribution < 1.29 is 27.4 Å². The summed E-state index contributed by atoms with van der Waals surface area (Å²) in [6, 6.07) is 12.9. The highest BCUT2D eigenvalue weighted by Crippen LogP contribution is 2.26. The number of nitrogens with two attached hydrogens (primary N) is 1. The molecule has 0 fully saturated rings. The lowest BCUT2D eigenvalue weighted by Gasteiger charge is -2.16. The molecular weight excluding hydrogens is 389 g/mol. The summed E-state index contributed by atoms with van der Waals surface area (Å²) < 4.78 is 46.8. The minimum atomic E-state index is -4.77. The normalized spacial score (nSPS) is 11.7. The van der Waals surface area contributed by atoms with E-state index in [9.17, 15) is 18.0 Å². The van der Waals surface area contributed by atoms with E-state index in [1.165, 1.54) is 18.2 Å². The number of carbonyl (C=O) groups is 1. The summed E-state index contributed by atoms with van der Waals surface area (Å²) in [6.07, 6.45) is -4.77. The molecule has 0 spiro atoms. The van der Waals surface area contributed by atoms with Gasteiger partial charge in [0.1, 0.15) is 11.5 Å². The third-order valence-electron chi connectivity index (χ3n) is 3.61. The molecule has 0 aliphatic rings. The molecule has 0 aliphatic carbocycles. The standard InChI is InChI=1S/C19H21F3N4O3/c1-24-18(25-10-13-5-4-7-15(9-13)28-12-17(23)27)26-11-14-6-2-3-8-16(14)29-19(20,21)22/h2-9H,10-12H2,1H3,(H2,23,27)(H2,24,25,26). The van der Waals surface area contributed by atoms with Crippen molar-refractivity contribution in [1.29, 1.82) is 0 Å². The molecule has 0 aromatic heterocycles. The van der Waals surface area contributed by atoms with Gasteiger partial charge in [-0.1, -0.05) is 30.3 Å². The van der Waals surface area contributed by atoms with Crippen LogP contribution < -0.4 is 25.8 Å². The van der Waals surface area contributed by atoms with Crippen molar-refractivity contribution in [1.82, 2.24) is 10.6 Å². The van der Waals surface area contributed by atoms with E-state index in [1.807, 2.05) is 6.07 Å². The number of ether oxygens (including phenoxy) is 2. The van der Waals surface area contributed by atoms with E-state index >= 15 is 0 Å². The number of para-hydroxylation sites is 1. The molecule has 4 N–H and O–H groups in total. The average Bonchev–Trinajstić information content (AvgIpc) is 2.67. The van der Waals surface area contributed by atoms with Gasteiger partial charge >= 0.3 is 6.36 Å². The summed E-state index contributed by atoms with van der Waals surface area (Å²) in [7, 11) is 1.54. The van der Waals surface area contributed by atoms with E-state index in [2.05, 4.69) is 20.4 Å². The lowest BCUT2D eigenvalue weighted by molar-refractivity contribution is -0.274. The smallest absolute Gasteiger partial charge is 0.484 e. The second-order valence-electron chi connectivity index (χ2n) is 5.84. The van der Waals surface area contributed by atoms with Crippen LogP contribution >= 0.6 is 0 Å². The van der Waals surface area contributed by atoms with Crippen molar-refractivity contribution in [2.45, 2.75) is 19.5 Å². The number of nitrogens with one attached hydrogen (secondary N) is 2. The molecule has 0 saturated carbocycles. The number of hydrogen-bond acceptors (Lipinski definition) is 4. The van der Waals surface area contributed by atoms with Crippen LogP contribution in [0.2, 0.25) is 0 Å². The van der Waals surface area contributed by atoms with Gasteiger partial charge in [0.25, 0.3) is 5.91 Å². The van der Waals surface area contributed by atoms with E-state index in [0.717, 1.165) is 5.56 Å². The highest BCUT2D eigenvalue weighted by Gasteiger charge is 2.31. The maximum absolute atomic E-state index is 12.5. The summed E-state index contributed by atoms with van der Waals surface area (Å²) in [6.45, 7) is 0.224. The maximum Gasteiger partial charge on any atom is 0.573 e. The summed E-state index contributed by atoms with van der Waals surface area (Å²) in [4.78, 5) is 14.8. The molecule has 29 heavy (non-hydrogen) atoms. The SMILES string of the molecule is CN=C(NCc1cccc(OCC(N)=O)c1)NCc1ccccc1OC(F)(F)F. The number of amides is 1. The van der Waals surface area contributed by atoms with Crippen LogP contribution in [-0.2, 0) is 17.9 Å². The number of rotatable bonds is 8. The Bertz CT molecular complexity index is 857. The third kappa shape index (κ3) is 7.99. The Balaban J connectivity index is 1.92. The number of nitrogens with zero attached hydrogens (tertiary/aromatic N) is 1. The second kappa shape index (κ2) is 10.2. The van der Waals surface area contributed by atoms with E-state index in [0.29, 0.717) is 23.8 Å². The molecule has 10 heteroatoms. The van der Waals surface area contributed by atoms with Crippen molar-refractivity contribution in [2.75, 3.05) is 13.7 Å². The van der Waals surface area contributed by atoms with Crippen LogP contribution in [0.1, 0.15) is 11.1 Å². The molecule has 1 amide bonds. The number of benzene rings is 2. The first-order chi connectivity index (χ1) is 13.8. The lowest BCUT2D eigenvalue weighted by Crippen LogP contribution is -2.36. The first-order valence-corrected chi connectivity index (χ1v) is 8.55. The summed E-state index contributed by atoms with van der Waals surface area (Å²) in [5.74, 6) is 0.0229. The molecule has 156 valence electrons. The number of primary amides is 1. The molecule has 2 rings (SSSR count). The maximum atomic E-state index is 12.5. The van der Waals surface area contributed by atoms with Gasteiger partial charge in [0.05, 0.1) is 0 Å². The Morgan fingerprint density at radius 1 is 1.10 bits per heavy atom. The highest BCUT2D eigenvalue weighted by molar-refractivity contribution is 5.79. The van der Waals surface area contributed by atoms with E-state index in [-0.39, 0.29) is 18.9 Å². The fraction of sp³-hybridized carbons (Fsp3) is 0.263. The monoisotopic (exact) mass is 410 g/mol. The van der Waals surface area contributed by atoms with Gasteiger partial charge in [-0.2, -0.15) is 0 Å². The molecule has 0 radical (unpaired) electrons. The Kier molecular flexibility index (Phi) is 7.70. The Labute approximate surface area is 165 Å². The minimum Gasteiger partial charge on any atom is -0.484 e. The fourth-order valence-electron chi connectivity index (χ4n) is 2.36. The van der Waals surface area contributed by atoms with Gasteiger partial charge in [-0.15, -0.1) is 13.2 Å². The van der Waals surface area contributed by atoms with Gasteiger partial charge in [0, 0.05) is 25.7 Å². The van der Waals surface area contributed by atoms with Gasteiger partial charge in [-0.3, -0.25) is 9.79 Å². The lowest BCUT2D eigenvalue weighted by atomic mass is 10.2. The Morgan fingerprint density at radius 2 is 1.83 bits per heavy atom. The van der Waals surface area contributed by atoms with Crippen molar-refractivity contribution in [2.24, 2.45) is 10.7 Å². The van der Waals surface area contributed by atoms with Crippen LogP contribution in [0.15, 0.2) is 53.5 Å². The molecule has 0 bridgehead atoms. The number of alkyl halides is 3. The molecular formula is C19H21F3N4O3. The van der Waals surface area contributed by atoms with Crippen LogP contribution in [0.4, 0.5) is 13.2 Å². The minimum absolute atomic E-state index is 0.0771.